The summed E-state index contributed by atoms with van der Waals surface area (Å²) in [6.07, 6.45) is 1.13. The third-order valence-electron chi connectivity index (χ3n) is 2.15. The van der Waals surface area contributed by atoms with Crippen LogP contribution in [0.5, 0.6) is 5.75 Å². The smallest absolute Gasteiger partial charge is 0.323 e. The van der Waals surface area contributed by atoms with Crippen molar-refractivity contribution < 1.29 is 24.5 Å². The van der Waals surface area contributed by atoms with Crippen molar-refractivity contribution in [3.05, 3.63) is 24.0 Å². The molecular formula is C11H14N2O5. The number of aromatic nitrogens is 1. The van der Waals surface area contributed by atoms with Crippen LogP contribution in [0.1, 0.15) is 10.5 Å². The van der Waals surface area contributed by atoms with Gasteiger partial charge >= 0.3 is 5.97 Å². The highest BCUT2D eigenvalue weighted by molar-refractivity contribution is 5.94. The van der Waals surface area contributed by atoms with Crippen molar-refractivity contribution in [2.24, 2.45) is 0 Å². The first-order chi connectivity index (χ1) is 8.54. The van der Waals surface area contributed by atoms with Gasteiger partial charge in [-0.05, 0) is 12.1 Å². The first-order valence-electron chi connectivity index (χ1n) is 5.19. The predicted octanol–water partition coefficient (Wildman–Crippen LogP) is -0.0396. The van der Waals surface area contributed by atoms with Crippen LogP contribution in [0.4, 0.5) is 0 Å². The van der Waals surface area contributed by atoms with Gasteiger partial charge in [0.05, 0.1) is 12.8 Å². The fourth-order valence-electron chi connectivity index (χ4n) is 1.29. The van der Waals surface area contributed by atoms with E-state index in [4.69, 9.17) is 14.9 Å². The van der Waals surface area contributed by atoms with Gasteiger partial charge in [-0.15, -0.1) is 0 Å². The summed E-state index contributed by atoms with van der Waals surface area (Å²) >= 11 is 0. The molecule has 0 aliphatic carbocycles. The molecule has 0 unspecified atom stereocenters. The number of hydrogen-bond acceptors (Lipinski definition) is 5. The van der Waals surface area contributed by atoms with Crippen molar-refractivity contribution in [1.82, 2.24) is 9.88 Å². The van der Waals surface area contributed by atoms with Gasteiger partial charge in [0, 0.05) is 13.7 Å². The van der Waals surface area contributed by atoms with Gasteiger partial charge in [0.1, 0.15) is 18.0 Å². The van der Waals surface area contributed by atoms with Gasteiger partial charge in [0.25, 0.3) is 5.91 Å². The lowest BCUT2D eigenvalue weighted by molar-refractivity contribution is -0.137. The summed E-state index contributed by atoms with van der Waals surface area (Å²) in [5, 5.41) is 17.8. The second-order valence-corrected chi connectivity index (χ2v) is 3.51. The quantitative estimate of drug-likeness (QED) is 0.739. The molecule has 7 heteroatoms. The lowest BCUT2D eigenvalue weighted by Gasteiger charge is -2.19. The van der Waals surface area contributed by atoms with Gasteiger partial charge in [-0.3, -0.25) is 9.59 Å². The van der Waals surface area contributed by atoms with E-state index in [9.17, 15) is 9.59 Å². The maximum Gasteiger partial charge on any atom is 0.323 e. The number of rotatable bonds is 6. The van der Waals surface area contributed by atoms with Crippen LogP contribution in [0.3, 0.4) is 0 Å². The first kappa shape index (κ1) is 13.9. The van der Waals surface area contributed by atoms with Crippen molar-refractivity contribution in [3.8, 4) is 5.75 Å². The number of ether oxygens (including phenoxy) is 1. The van der Waals surface area contributed by atoms with Gasteiger partial charge in [-0.2, -0.15) is 0 Å². The van der Waals surface area contributed by atoms with Gasteiger partial charge in [0.15, 0.2) is 0 Å². The molecule has 0 atom stereocenters. The zero-order valence-corrected chi connectivity index (χ0v) is 9.87. The fraction of sp³-hybridized carbons (Fsp3) is 0.364. The first-order valence-corrected chi connectivity index (χ1v) is 5.19. The highest BCUT2D eigenvalue weighted by atomic mass is 16.5. The topological polar surface area (TPSA) is 100.0 Å². The summed E-state index contributed by atoms with van der Waals surface area (Å²) in [6, 6.07) is 2.65. The molecular weight excluding hydrogens is 240 g/mol. The van der Waals surface area contributed by atoms with Crippen LogP contribution in [0.15, 0.2) is 18.3 Å². The Morgan fingerprint density at radius 1 is 1.44 bits per heavy atom. The van der Waals surface area contributed by atoms with Crippen molar-refractivity contribution in [2.75, 3.05) is 26.8 Å². The number of hydrogen-bond donors (Lipinski definition) is 2. The van der Waals surface area contributed by atoms with Gasteiger partial charge in [-0.25, -0.2) is 4.98 Å². The molecule has 0 aliphatic rings. The Labute approximate surface area is 104 Å². The average molecular weight is 254 g/mol. The van der Waals surface area contributed by atoms with Crippen LogP contribution < -0.4 is 0 Å². The molecule has 18 heavy (non-hydrogen) atoms. The van der Waals surface area contributed by atoms with Crippen LogP contribution in [0, 0.1) is 0 Å². The average Bonchev–Trinajstić information content (AvgIpc) is 2.34. The van der Waals surface area contributed by atoms with Crippen LogP contribution in [0.25, 0.3) is 0 Å². The lowest BCUT2D eigenvalue weighted by Crippen LogP contribution is -2.38. The minimum absolute atomic E-state index is 0.0618. The molecule has 1 rings (SSSR count). The van der Waals surface area contributed by atoms with Crippen molar-refractivity contribution >= 4 is 11.9 Å². The number of carbonyl (C=O) groups excluding carboxylic acids is 1. The van der Waals surface area contributed by atoms with E-state index in [0.717, 1.165) is 11.1 Å². The molecule has 0 aromatic carbocycles. The number of carboxylic acid groups (broad SMARTS) is 1. The standard InChI is InChI=1S/C11H14N2O5/c1-18-5-4-13(7-10(15)16)11(17)9-3-2-8(14)6-12-9/h2-3,6,14H,4-5,7H2,1H3,(H,15,16). The molecule has 1 aromatic heterocycles. The second-order valence-electron chi connectivity index (χ2n) is 3.51. The molecule has 0 saturated heterocycles. The molecule has 0 aliphatic heterocycles. The second kappa shape index (κ2) is 6.55. The fourth-order valence-corrected chi connectivity index (χ4v) is 1.29. The number of aromatic hydroxyl groups is 1. The maximum atomic E-state index is 12.0. The molecule has 0 fully saturated rings. The van der Waals surface area contributed by atoms with Gasteiger partial charge < -0.3 is 19.8 Å². The molecule has 0 radical (unpaired) electrons. The molecule has 1 amide bonds. The number of methoxy groups -OCH3 is 1. The zero-order valence-electron chi connectivity index (χ0n) is 9.87. The molecule has 0 spiro atoms. The summed E-state index contributed by atoms with van der Waals surface area (Å²) in [5.74, 6) is -1.69. The molecule has 0 bridgehead atoms. The molecule has 0 saturated carbocycles. The highest BCUT2D eigenvalue weighted by Gasteiger charge is 2.19. The number of pyridine rings is 1. The van der Waals surface area contributed by atoms with Crippen LogP contribution >= 0.6 is 0 Å². The number of amides is 1. The van der Waals surface area contributed by atoms with E-state index in [1.54, 1.807) is 0 Å². The largest absolute Gasteiger partial charge is 0.506 e. The maximum absolute atomic E-state index is 12.0. The summed E-state index contributed by atoms with van der Waals surface area (Å²) < 4.78 is 4.81. The molecule has 1 aromatic rings. The van der Waals surface area contributed by atoms with Crippen molar-refractivity contribution in [3.63, 3.8) is 0 Å². The Balaban J connectivity index is 2.80. The summed E-state index contributed by atoms with van der Waals surface area (Å²) in [7, 11) is 1.46. The normalized spacial score (nSPS) is 10.1. The molecule has 98 valence electrons. The summed E-state index contributed by atoms with van der Waals surface area (Å²) in [4.78, 5) is 27.5. The van der Waals surface area contributed by atoms with Crippen LogP contribution in [-0.2, 0) is 9.53 Å². The van der Waals surface area contributed by atoms with E-state index < -0.39 is 18.4 Å². The minimum Gasteiger partial charge on any atom is -0.506 e. The number of carbonyl (C=O) groups is 2. The van der Waals surface area contributed by atoms with Crippen LogP contribution in [-0.4, -0.2) is 58.8 Å². The summed E-state index contributed by atoms with van der Waals surface area (Å²) in [5.41, 5.74) is 0.0742. The number of aliphatic carboxylic acids is 1. The third-order valence-corrected chi connectivity index (χ3v) is 2.15. The van der Waals surface area contributed by atoms with Gasteiger partial charge in [-0.1, -0.05) is 0 Å². The van der Waals surface area contributed by atoms with E-state index >= 15 is 0 Å². The Morgan fingerprint density at radius 3 is 2.67 bits per heavy atom. The monoisotopic (exact) mass is 254 g/mol. The van der Waals surface area contributed by atoms with E-state index in [0.29, 0.717) is 0 Å². The van der Waals surface area contributed by atoms with Crippen molar-refractivity contribution in [1.29, 1.82) is 0 Å². The lowest BCUT2D eigenvalue weighted by atomic mass is 10.3. The molecule has 2 N–H and O–H groups in total. The Kier molecular flexibility index (Phi) is 5.06. The van der Waals surface area contributed by atoms with E-state index in [1.165, 1.54) is 19.2 Å². The van der Waals surface area contributed by atoms with Crippen LogP contribution in [0.2, 0.25) is 0 Å². The van der Waals surface area contributed by atoms with E-state index in [2.05, 4.69) is 4.98 Å². The Morgan fingerprint density at radius 2 is 2.17 bits per heavy atom. The SMILES string of the molecule is COCCN(CC(=O)O)C(=O)c1ccc(O)cn1. The predicted molar refractivity (Wildman–Crippen MR) is 61.3 cm³/mol. The Hall–Kier alpha value is -2.15. The van der Waals surface area contributed by atoms with Crippen molar-refractivity contribution in [2.45, 2.75) is 0 Å². The van der Waals surface area contributed by atoms with Gasteiger partial charge in [0.2, 0.25) is 0 Å². The zero-order chi connectivity index (χ0) is 13.5. The highest BCUT2D eigenvalue weighted by Crippen LogP contribution is 2.08. The minimum atomic E-state index is -1.11. The summed E-state index contributed by atoms with van der Waals surface area (Å²) in [6.45, 7) is -0.0357. The van der Waals surface area contributed by atoms with E-state index in [-0.39, 0.29) is 24.6 Å². The third kappa shape index (κ3) is 4.02. The molecule has 7 nitrogen and oxygen atoms in total. The van der Waals surface area contributed by atoms with E-state index in [1.807, 2.05) is 0 Å². The Bertz CT molecular complexity index is 418. The number of carboxylic acids is 1. The molecule has 1 heterocycles. The number of nitrogens with zero attached hydrogens (tertiary/aromatic N) is 2.